The van der Waals surface area contributed by atoms with Crippen LogP contribution in [0.15, 0.2) is 24.4 Å². The fourth-order valence-electron chi connectivity index (χ4n) is 4.21. The third-order valence-electron chi connectivity index (χ3n) is 5.89. The molecule has 2 aromatic heterocycles. The molecule has 5 rings (SSSR count). The number of morpholine rings is 1. The van der Waals surface area contributed by atoms with Gasteiger partial charge in [0.2, 0.25) is 11.9 Å². The van der Waals surface area contributed by atoms with Gasteiger partial charge in [-0.05, 0) is 31.4 Å². The number of fused-ring (bicyclic) bond motifs is 1. The molecule has 1 aliphatic heterocycles. The Balaban J connectivity index is 1.39. The summed E-state index contributed by atoms with van der Waals surface area (Å²) in [5, 5.41) is 11.5. The molecule has 1 amide bonds. The molecule has 1 saturated carbocycles. The van der Waals surface area contributed by atoms with Crippen LogP contribution in [0.25, 0.3) is 16.9 Å². The van der Waals surface area contributed by atoms with E-state index in [2.05, 4.69) is 25.6 Å². The molecule has 1 aromatic carbocycles. The van der Waals surface area contributed by atoms with Gasteiger partial charge in [-0.2, -0.15) is 9.67 Å². The van der Waals surface area contributed by atoms with Crippen LogP contribution in [-0.4, -0.2) is 63.2 Å². The van der Waals surface area contributed by atoms with E-state index in [0.29, 0.717) is 61.2 Å². The van der Waals surface area contributed by atoms with Gasteiger partial charge >= 0.3 is 0 Å². The van der Waals surface area contributed by atoms with Gasteiger partial charge < -0.3 is 20.7 Å². The standard InChI is InChI=1S/C20H23FN8O2/c21-15-10-14(3-4-17(15)28-5-7-31-8-6-28)29-19-16(26-27-29)11-23-20(25-19)24-13-2-1-12(9-13)18(22)30/h3-4,10-13H,1-2,5-9H2,(H2,22,30)(H,23,24,25)/t12-,13?/m1/s1. The van der Waals surface area contributed by atoms with E-state index in [9.17, 15) is 9.18 Å². The van der Waals surface area contributed by atoms with Gasteiger partial charge in [0.15, 0.2) is 11.2 Å². The van der Waals surface area contributed by atoms with Gasteiger partial charge in [0.25, 0.3) is 0 Å². The van der Waals surface area contributed by atoms with E-state index in [0.717, 1.165) is 12.8 Å². The molecule has 1 unspecified atom stereocenters. The fourth-order valence-corrected chi connectivity index (χ4v) is 4.21. The summed E-state index contributed by atoms with van der Waals surface area (Å²) in [6.45, 7) is 2.48. The first-order chi connectivity index (χ1) is 15.1. The van der Waals surface area contributed by atoms with Crippen LogP contribution in [0.3, 0.4) is 0 Å². The molecule has 0 bridgehead atoms. The van der Waals surface area contributed by atoms with Crippen LogP contribution in [0.4, 0.5) is 16.0 Å². The van der Waals surface area contributed by atoms with Crippen molar-refractivity contribution < 1.29 is 13.9 Å². The van der Waals surface area contributed by atoms with Gasteiger partial charge in [0.05, 0.1) is 30.8 Å². The molecule has 2 atom stereocenters. The van der Waals surface area contributed by atoms with Crippen LogP contribution in [0, 0.1) is 11.7 Å². The number of carbonyl (C=O) groups is 1. The van der Waals surface area contributed by atoms with Crippen LogP contribution in [-0.2, 0) is 9.53 Å². The van der Waals surface area contributed by atoms with E-state index in [1.54, 1.807) is 18.3 Å². The molecule has 11 heteroatoms. The molecule has 3 N–H and O–H groups in total. The maximum Gasteiger partial charge on any atom is 0.225 e. The highest BCUT2D eigenvalue weighted by Gasteiger charge is 2.29. The van der Waals surface area contributed by atoms with Crippen molar-refractivity contribution >= 4 is 28.7 Å². The summed E-state index contributed by atoms with van der Waals surface area (Å²) in [6.07, 6.45) is 3.81. The molecule has 0 spiro atoms. The smallest absolute Gasteiger partial charge is 0.225 e. The molecular weight excluding hydrogens is 403 g/mol. The molecule has 0 radical (unpaired) electrons. The zero-order chi connectivity index (χ0) is 21.4. The van der Waals surface area contributed by atoms with Gasteiger partial charge in [0.1, 0.15) is 5.82 Å². The molecular formula is C20H23FN8O2. The number of nitrogens with one attached hydrogen (secondary N) is 1. The molecule has 1 aliphatic carbocycles. The summed E-state index contributed by atoms with van der Waals surface area (Å²) >= 11 is 0. The Kier molecular flexibility index (Phi) is 5.10. The van der Waals surface area contributed by atoms with Crippen LogP contribution in [0.2, 0.25) is 0 Å². The number of halogens is 1. The minimum Gasteiger partial charge on any atom is -0.378 e. The van der Waals surface area contributed by atoms with Crippen molar-refractivity contribution in [1.29, 1.82) is 0 Å². The zero-order valence-corrected chi connectivity index (χ0v) is 16.9. The van der Waals surface area contributed by atoms with Gasteiger partial charge in [-0.1, -0.05) is 5.21 Å². The number of hydrogen-bond donors (Lipinski definition) is 2. The number of carbonyl (C=O) groups excluding carboxylic acids is 1. The predicted octanol–water partition coefficient (Wildman–Crippen LogP) is 1.25. The summed E-state index contributed by atoms with van der Waals surface area (Å²) in [6, 6.07) is 5.05. The van der Waals surface area contributed by atoms with Crippen molar-refractivity contribution in [1.82, 2.24) is 25.0 Å². The Morgan fingerprint density at radius 2 is 2.10 bits per heavy atom. The first-order valence-electron chi connectivity index (χ1n) is 10.4. The first-order valence-corrected chi connectivity index (χ1v) is 10.4. The molecule has 3 aromatic rings. The fraction of sp³-hybridized carbons (Fsp3) is 0.450. The topological polar surface area (TPSA) is 124 Å². The average Bonchev–Trinajstić information content (AvgIpc) is 3.41. The van der Waals surface area contributed by atoms with E-state index in [-0.39, 0.29) is 23.7 Å². The highest BCUT2D eigenvalue weighted by atomic mass is 19.1. The zero-order valence-electron chi connectivity index (χ0n) is 16.9. The highest BCUT2D eigenvalue weighted by Crippen LogP contribution is 2.28. The molecule has 1 saturated heterocycles. The van der Waals surface area contributed by atoms with Crippen molar-refractivity contribution in [3.8, 4) is 5.69 Å². The number of nitrogens with zero attached hydrogens (tertiary/aromatic N) is 6. The molecule has 162 valence electrons. The van der Waals surface area contributed by atoms with Crippen molar-refractivity contribution in [3.05, 3.63) is 30.2 Å². The summed E-state index contributed by atoms with van der Waals surface area (Å²) in [7, 11) is 0. The first kappa shape index (κ1) is 19.6. The van der Waals surface area contributed by atoms with Gasteiger partial charge in [-0.25, -0.2) is 9.37 Å². The number of ether oxygens (including phenoxy) is 1. The molecule has 2 fully saturated rings. The number of rotatable bonds is 5. The molecule has 31 heavy (non-hydrogen) atoms. The number of nitrogens with two attached hydrogens (primary N) is 1. The van der Waals surface area contributed by atoms with Crippen LogP contribution < -0.4 is 16.0 Å². The minimum absolute atomic E-state index is 0.0736. The van der Waals surface area contributed by atoms with E-state index < -0.39 is 0 Å². The molecule has 2 aliphatic rings. The number of amides is 1. The lowest BCUT2D eigenvalue weighted by Crippen LogP contribution is -2.36. The van der Waals surface area contributed by atoms with Crippen molar-refractivity contribution in [3.63, 3.8) is 0 Å². The molecule has 10 nitrogen and oxygen atoms in total. The van der Waals surface area contributed by atoms with Gasteiger partial charge in [-0.3, -0.25) is 4.79 Å². The predicted molar refractivity (Wildman–Crippen MR) is 111 cm³/mol. The summed E-state index contributed by atoms with van der Waals surface area (Å²) < 4.78 is 21.7. The maximum absolute atomic E-state index is 14.9. The monoisotopic (exact) mass is 426 g/mol. The third-order valence-corrected chi connectivity index (χ3v) is 5.89. The SMILES string of the molecule is NC(=O)[C@@H]1CCC(Nc2ncc3nnn(-c4ccc(N5CCOCC5)c(F)c4)c3n2)C1. The normalized spacial score (nSPS) is 21.5. The van der Waals surface area contributed by atoms with E-state index in [1.807, 2.05) is 4.90 Å². The van der Waals surface area contributed by atoms with Crippen molar-refractivity contribution in [2.75, 3.05) is 36.5 Å². The highest BCUT2D eigenvalue weighted by molar-refractivity contribution is 5.77. The number of primary amides is 1. The second-order valence-electron chi connectivity index (χ2n) is 7.89. The number of benzene rings is 1. The van der Waals surface area contributed by atoms with Crippen LogP contribution in [0.1, 0.15) is 19.3 Å². The lowest BCUT2D eigenvalue weighted by atomic mass is 10.1. The maximum atomic E-state index is 14.9. The number of aromatic nitrogens is 5. The Labute approximate surface area is 177 Å². The Hall–Kier alpha value is -3.34. The van der Waals surface area contributed by atoms with Crippen LogP contribution in [0.5, 0.6) is 0 Å². The quantitative estimate of drug-likeness (QED) is 0.625. The summed E-state index contributed by atoms with van der Waals surface area (Å²) in [5.41, 5.74) is 7.45. The average molecular weight is 426 g/mol. The lowest BCUT2D eigenvalue weighted by Gasteiger charge is -2.29. The van der Waals surface area contributed by atoms with Gasteiger partial charge in [0, 0.05) is 31.1 Å². The third kappa shape index (κ3) is 3.88. The van der Waals surface area contributed by atoms with Crippen LogP contribution >= 0.6 is 0 Å². The Morgan fingerprint density at radius 1 is 1.26 bits per heavy atom. The summed E-state index contributed by atoms with van der Waals surface area (Å²) in [5.74, 6) is -0.317. The van der Waals surface area contributed by atoms with E-state index >= 15 is 0 Å². The largest absolute Gasteiger partial charge is 0.378 e. The lowest BCUT2D eigenvalue weighted by molar-refractivity contribution is -0.121. The Morgan fingerprint density at radius 3 is 2.84 bits per heavy atom. The Bertz CT molecular complexity index is 1110. The van der Waals surface area contributed by atoms with Crippen molar-refractivity contribution in [2.24, 2.45) is 11.7 Å². The summed E-state index contributed by atoms with van der Waals surface area (Å²) in [4.78, 5) is 22.2. The second-order valence-corrected chi connectivity index (χ2v) is 7.89. The number of hydrogen-bond acceptors (Lipinski definition) is 8. The van der Waals surface area contributed by atoms with Gasteiger partial charge in [-0.15, -0.1) is 5.10 Å². The second kappa shape index (κ2) is 8.06. The molecule has 3 heterocycles. The van der Waals surface area contributed by atoms with E-state index in [1.165, 1.54) is 10.7 Å². The van der Waals surface area contributed by atoms with E-state index in [4.69, 9.17) is 10.5 Å². The number of anilines is 2. The minimum atomic E-state index is -0.334. The van der Waals surface area contributed by atoms with Crippen molar-refractivity contribution in [2.45, 2.75) is 25.3 Å².